The van der Waals surface area contributed by atoms with Gasteiger partial charge in [-0.25, -0.2) is 4.79 Å². The van der Waals surface area contributed by atoms with Crippen molar-refractivity contribution in [1.82, 2.24) is 0 Å². The van der Waals surface area contributed by atoms with Crippen LogP contribution < -0.4 is 4.90 Å². The number of nitriles is 1. The Labute approximate surface area is 194 Å². The van der Waals surface area contributed by atoms with E-state index in [1.54, 1.807) is 6.07 Å². The predicted octanol–water partition coefficient (Wildman–Crippen LogP) is 7.04. The number of hydrogen-bond acceptors (Lipinski definition) is 3. The van der Waals surface area contributed by atoms with Crippen LogP contribution in [0.2, 0.25) is 0 Å². The van der Waals surface area contributed by atoms with Crippen molar-refractivity contribution in [3.63, 3.8) is 0 Å². The Morgan fingerprint density at radius 1 is 0.848 bits per heavy atom. The molecule has 0 bridgehead atoms. The van der Waals surface area contributed by atoms with E-state index in [0.717, 1.165) is 33.8 Å². The SMILES string of the molecule is CC1(C)C(/C=C(\C#N)C(=O)O)=CC=C1c1ccc(N(c2ccccc2)c2ccccc2)cc1. The van der Waals surface area contributed by atoms with Gasteiger partial charge in [0.25, 0.3) is 0 Å². The van der Waals surface area contributed by atoms with E-state index in [-0.39, 0.29) is 5.57 Å². The molecule has 0 unspecified atom stereocenters. The van der Waals surface area contributed by atoms with Gasteiger partial charge >= 0.3 is 5.97 Å². The summed E-state index contributed by atoms with van der Waals surface area (Å²) in [7, 11) is 0. The molecule has 1 aliphatic rings. The van der Waals surface area contributed by atoms with E-state index in [1.165, 1.54) is 6.08 Å². The Morgan fingerprint density at radius 3 is 1.85 bits per heavy atom. The van der Waals surface area contributed by atoms with Crippen LogP contribution in [0.4, 0.5) is 17.1 Å². The van der Waals surface area contributed by atoms with E-state index in [0.29, 0.717) is 0 Å². The van der Waals surface area contributed by atoms with Crippen molar-refractivity contribution in [2.45, 2.75) is 13.8 Å². The third-order valence-corrected chi connectivity index (χ3v) is 5.94. The summed E-state index contributed by atoms with van der Waals surface area (Å²) in [5, 5.41) is 18.3. The van der Waals surface area contributed by atoms with Crippen LogP contribution >= 0.6 is 0 Å². The smallest absolute Gasteiger partial charge is 0.346 e. The number of allylic oxidation sites excluding steroid dienone is 5. The summed E-state index contributed by atoms with van der Waals surface area (Å²) in [6.45, 7) is 4.08. The molecule has 0 radical (unpaired) electrons. The average Bonchev–Trinajstić information content (AvgIpc) is 3.12. The maximum Gasteiger partial charge on any atom is 0.346 e. The van der Waals surface area contributed by atoms with E-state index in [1.807, 2.05) is 62.4 Å². The molecule has 162 valence electrons. The molecule has 0 aliphatic heterocycles. The molecular formula is C29H24N2O2. The van der Waals surface area contributed by atoms with Gasteiger partial charge in [-0.1, -0.05) is 74.5 Å². The first-order valence-electron chi connectivity index (χ1n) is 10.7. The van der Waals surface area contributed by atoms with Crippen LogP contribution in [0.5, 0.6) is 0 Å². The number of carboxylic acids is 1. The zero-order valence-corrected chi connectivity index (χ0v) is 18.6. The number of carboxylic acid groups (broad SMARTS) is 1. The van der Waals surface area contributed by atoms with Crippen molar-refractivity contribution < 1.29 is 9.90 Å². The highest BCUT2D eigenvalue weighted by atomic mass is 16.4. The molecule has 0 heterocycles. The van der Waals surface area contributed by atoms with E-state index in [9.17, 15) is 9.90 Å². The zero-order valence-electron chi connectivity index (χ0n) is 18.6. The fourth-order valence-electron chi connectivity index (χ4n) is 4.12. The Balaban J connectivity index is 1.66. The molecule has 0 amide bonds. The number of hydrogen-bond donors (Lipinski definition) is 1. The number of para-hydroxylation sites is 2. The minimum atomic E-state index is -1.21. The molecule has 33 heavy (non-hydrogen) atoms. The quantitative estimate of drug-likeness (QED) is 0.335. The lowest BCUT2D eigenvalue weighted by molar-refractivity contribution is -0.132. The Kier molecular flexibility index (Phi) is 5.97. The number of aliphatic carboxylic acids is 1. The van der Waals surface area contributed by atoms with Gasteiger partial charge in [-0.2, -0.15) is 5.26 Å². The van der Waals surface area contributed by atoms with Gasteiger partial charge in [0.1, 0.15) is 11.6 Å². The van der Waals surface area contributed by atoms with Crippen molar-refractivity contribution in [2.75, 3.05) is 4.90 Å². The third-order valence-electron chi connectivity index (χ3n) is 5.94. The van der Waals surface area contributed by atoms with Crippen LogP contribution in [0.15, 0.2) is 114 Å². The molecule has 4 nitrogen and oxygen atoms in total. The first kappa shape index (κ1) is 21.9. The van der Waals surface area contributed by atoms with Crippen LogP contribution in [-0.4, -0.2) is 11.1 Å². The third kappa shape index (κ3) is 4.35. The number of benzene rings is 3. The van der Waals surface area contributed by atoms with Gasteiger partial charge in [-0.3, -0.25) is 0 Å². The molecule has 0 fully saturated rings. The fraction of sp³-hybridized carbons (Fsp3) is 0.103. The van der Waals surface area contributed by atoms with Crippen molar-refractivity contribution in [3.05, 3.63) is 120 Å². The highest BCUT2D eigenvalue weighted by Crippen LogP contribution is 2.46. The minimum Gasteiger partial charge on any atom is -0.477 e. The molecule has 1 N–H and O–H groups in total. The summed E-state index contributed by atoms with van der Waals surface area (Å²) in [4.78, 5) is 13.5. The Morgan fingerprint density at radius 2 is 1.36 bits per heavy atom. The highest BCUT2D eigenvalue weighted by Gasteiger charge is 2.32. The zero-order chi connectivity index (χ0) is 23.4. The first-order valence-corrected chi connectivity index (χ1v) is 10.7. The Hall–Kier alpha value is -4.36. The monoisotopic (exact) mass is 432 g/mol. The van der Waals surface area contributed by atoms with Crippen LogP contribution in [0, 0.1) is 16.7 Å². The summed E-state index contributed by atoms with van der Waals surface area (Å²) in [5.74, 6) is -1.21. The van der Waals surface area contributed by atoms with Gasteiger partial charge in [0.15, 0.2) is 0 Å². The number of anilines is 3. The van der Waals surface area contributed by atoms with Gasteiger partial charge < -0.3 is 10.0 Å². The minimum absolute atomic E-state index is 0.263. The molecule has 4 rings (SSSR count). The molecule has 1 aliphatic carbocycles. The normalized spacial score (nSPS) is 14.8. The predicted molar refractivity (Wildman–Crippen MR) is 132 cm³/mol. The first-order chi connectivity index (χ1) is 15.9. The second kappa shape index (κ2) is 9.02. The molecular weight excluding hydrogens is 408 g/mol. The largest absolute Gasteiger partial charge is 0.477 e. The molecule has 4 heteroatoms. The fourth-order valence-corrected chi connectivity index (χ4v) is 4.12. The molecule has 3 aromatic rings. The summed E-state index contributed by atoms with van der Waals surface area (Å²) < 4.78 is 0. The van der Waals surface area contributed by atoms with E-state index in [4.69, 9.17) is 5.26 Å². The lowest BCUT2D eigenvalue weighted by Crippen LogP contribution is -2.14. The van der Waals surface area contributed by atoms with Crippen molar-refractivity contribution in [3.8, 4) is 6.07 Å². The Bertz CT molecular complexity index is 1250. The summed E-state index contributed by atoms with van der Waals surface area (Å²) >= 11 is 0. The van der Waals surface area contributed by atoms with E-state index in [2.05, 4.69) is 53.4 Å². The van der Waals surface area contributed by atoms with Crippen LogP contribution in [0.25, 0.3) is 5.57 Å². The van der Waals surface area contributed by atoms with Crippen LogP contribution in [0.3, 0.4) is 0 Å². The van der Waals surface area contributed by atoms with Crippen molar-refractivity contribution in [1.29, 1.82) is 5.26 Å². The molecule has 0 saturated carbocycles. The van der Waals surface area contributed by atoms with Gasteiger partial charge in [0, 0.05) is 22.5 Å². The van der Waals surface area contributed by atoms with Gasteiger partial charge in [0.2, 0.25) is 0 Å². The van der Waals surface area contributed by atoms with Crippen LogP contribution in [0.1, 0.15) is 19.4 Å². The maximum absolute atomic E-state index is 11.3. The molecule has 0 spiro atoms. The van der Waals surface area contributed by atoms with Gasteiger partial charge in [-0.05, 0) is 59.2 Å². The lowest BCUT2D eigenvalue weighted by atomic mass is 9.77. The highest BCUT2D eigenvalue weighted by molar-refractivity contribution is 5.92. The average molecular weight is 433 g/mol. The maximum atomic E-state index is 11.3. The van der Waals surface area contributed by atoms with Gasteiger partial charge in [-0.15, -0.1) is 0 Å². The van der Waals surface area contributed by atoms with Crippen molar-refractivity contribution >= 4 is 28.6 Å². The number of rotatable bonds is 6. The summed E-state index contributed by atoms with van der Waals surface area (Å²) in [6.07, 6.45) is 5.36. The topological polar surface area (TPSA) is 64.3 Å². The summed E-state index contributed by atoms with van der Waals surface area (Å²) in [5.41, 5.74) is 5.44. The van der Waals surface area contributed by atoms with Gasteiger partial charge in [0.05, 0.1) is 0 Å². The van der Waals surface area contributed by atoms with Crippen molar-refractivity contribution in [2.24, 2.45) is 5.41 Å². The molecule has 0 aromatic heterocycles. The lowest BCUT2D eigenvalue weighted by Gasteiger charge is -2.28. The van der Waals surface area contributed by atoms with E-state index >= 15 is 0 Å². The number of carbonyl (C=O) groups is 1. The molecule has 3 aromatic carbocycles. The second-order valence-electron chi connectivity index (χ2n) is 8.36. The summed E-state index contributed by atoms with van der Waals surface area (Å²) in [6, 6.07) is 30.6. The second-order valence-corrected chi connectivity index (χ2v) is 8.36. The van der Waals surface area contributed by atoms with Crippen LogP contribution in [-0.2, 0) is 4.79 Å². The molecule has 0 atom stereocenters. The standard InChI is InChI=1S/C29H24N2O2/c1-29(2)23(19-22(20-30)28(32)33)15-18-27(29)21-13-16-26(17-14-21)31(24-9-5-3-6-10-24)25-11-7-4-8-12-25/h3-19H,1-2H3,(H,32,33)/b22-19+. The molecule has 0 saturated heterocycles. The number of nitrogens with zero attached hydrogens (tertiary/aromatic N) is 2. The van der Waals surface area contributed by atoms with E-state index < -0.39 is 11.4 Å².